The molecule has 1 aromatic carbocycles. The summed E-state index contributed by atoms with van der Waals surface area (Å²) in [5.74, 6) is -1.77. The van der Waals surface area contributed by atoms with E-state index in [0.717, 1.165) is 9.80 Å². The lowest BCUT2D eigenvalue weighted by Gasteiger charge is -2.25. The zero-order chi connectivity index (χ0) is 14.6. The highest BCUT2D eigenvalue weighted by Gasteiger charge is 2.21. The summed E-state index contributed by atoms with van der Waals surface area (Å²) >= 11 is 0. The molecular weight excluding hydrogens is 250 g/mol. The van der Waals surface area contributed by atoms with E-state index < -0.39 is 17.9 Å². The Hall–Kier alpha value is -2.57. The molecule has 0 unspecified atom stereocenters. The van der Waals surface area contributed by atoms with Gasteiger partial charge in [-0.25, -0.2) is 9.59 Å². The van der Waals surface area contributed by atoms with Crippen LogP contribution in [0.25, 0.3) is 0 Å². The minimum Gasteiger partial charge on any atom is -0.478 e. The van der Waals surface area contributed by atoms with Crippen LogP contribution in [0.4, 0.5) is 10.5 Å². The van der Waals surface area contributed by atoms with Gasteiger partial charge in [0.1, 0.15) is 6.54 Å². The van der Waals surface area contributed by atoms with Crippen LogP contribution in [-0.2, 0) is 4.79 Å². The summed E-state index contributed by atoms with van der Waals surface area (Å²) in [4.78, 5) is 36.1. The van der Waals surface area contributed by atoms with Gasteiger partial charge in [-0.3, -0.25) is 9.69 Å². The number of aromatic carboxylic acids is 1. The van der Waals surface area contributed by atoms with E-state index in [1.807, 2.05) is 0 Å². The van der Waals surface area contributed by atoms with Crippen molar-refractivity contribution in [2.45, 2.75) is 0 Å². The highest BCUT2D eigenvalue weighted by atomic mass is 16.4. The molecule has 1 aromatic rings. The molecule has 0 fully saturated rings. The summed E-state index contributed by atoms with van der Waals surface area (Å²) in [6, 6.07) is 5.58. The number of hydrogen-bond donors (Lipinski definition) is 2. The van der Waals surface area contributed by atoms with Gasteiger partial charge < -0.3 is 15.7 Å². The molecule has 7 nitrogen and oxygen atoms in total. The van der Waals surface area contributed by atoms with Crippen LogP contribution in [-0.4, -0.2) is 48.6 Å². The third kappa shape index (κ3) is 3.44. The second-order valence-corrected chi connectivity index (χ2v) is 3.99. The zero-order valence-electron chi connectivity index (χ0n) is 10.7. The number of nitrogens with zero attached hydrogens (tertiary/aromatic N) is 2. The number of carboxylic acids is 1. The van der Waals surface area contributed by atoms with Crippen LogP contribution in [0.2, 0.25) is 0 Å². The summed E-state index contributed by atoms with van der Waals surface area (Å²) in [5, 5.41) is 9.05. The first kappa shape index (κ1) is 14.5. The van der Waals surface area contributed by atoms with Crippen molar-refractivity contribution in [1.82, 2.24) is 4.90 Å². The van der Waals surface area contributed by atoms with Crippen molar-refractivity contribution in [3.63, 3.8) is 0 Å². The van der Waals surface area contributed by atoms with Gasteiger partial charge in [0, 0.05) is 14.1 Å². The van der Waals surface area contributed by atoms with Crippen LogP contribution in [0.1, 0.15) is 10.4 Å². The lowest BCUT2D eigenvalue weighted by molar-refractivity contribution is -0.118. The maximum atomic E-state index is 12.0. The first-order valence-electron chi connectivity index (χ1n) is 5.44. The number of carbonyl (C=O) groups is 3. The molecule has 102 valence electrons. The van der Waals surface area contributed by atoms with Gasteiger partial charge in [0.25, 0.3) is 0 Å². The number of anilines is 1. The third-order valence-electron chi connectivity index (χ3n) is 2.50. The summed E-state index contributed by atoms with van der Waals surface area (Å²) in [7, 11) is 2.84. The number of urea groups is 1. The van der Waals surface area contributed by atoms with Gasteiger partial charge in [-0.05, 0) is 12.1 Å². The molecule has 19 heavy (non-hydrogen) atoms. The normalized spacial score (nSPS) is 9.79. The number of carboxylic acid groups (broad SMARTS) is 1. The minimum absolute atomic E-state index is 0.00539. The monoisotopic (exact) mass is 265 g/mol. The Morgan fingerprint density at radius 2 is 1.79 bits per heavy atom. The molecule has 0 aliphatic heterocycles. The van der Waals surface area contributed by atoms with E-state index in [-0.39, 0.29) is 17.8 Å². The Balaban J connectivity index is 3.00. The van der Waals surface area contributed by atoms with Gasteiger partial charge >= 0.3 is 12.0 Å². The average molecular weight is 265 g/mol. The lowest BCUT2D eigenvalue weighted by atomic mass is 10.1. The predicted molar refractivity (Wildman–Crippen MR) is 69.0 cm³/mol. The van der Waals surface area contributed by atoms with Crippen molar-refractivity contribution in [3.05, 3.63) is 29.8 Å². The van der Waals surface area contributed by atoms with Crippen molar-refractivity contribution >= 4 is 23.6 Å². The molecule has 0 aromatic heterocycles. The number of para-hydroxylation sites is 1. The molecule has 0 atom stereocenters. The number of primary amides is 1. The predicted octanol–water partition coefficient (Wildman–Crippen LogP) is 0.358. The summed E-state index contributed by atoms with van der Waals surface area (Å²) < 4.78 is 0. The molecule has 7 heteroatoms. The molecule has 0 aliphatic rings. The van der Waals surface area contributed by atoms with E-state index in [4.69, 9.17) is 10.8 Å². The van der Waals surface area contributed by atoms with E-state index in [1.165, 1.54) is 26.2 Å². The molecular formula is C12H15N3O4. The second-order valence-electron chi connectivity index (χ2n) is 3.99. The molecule has 3 N–H and O–H groups in total. The number of carbonyl (C=O) groups excluding carboxylic acids is 2. The number of rotatable bonds is 4. The second kappa shape index (κ2) is 5.85. The molecule has 0 saturated heterocycles. The van der Waals surface area contributed by atoms with Gasteiger partial charge in [-0.15, -0.1) is 0 Å². The minimum atomic E-state index is -1.13. The molecule has 0 radical (unpaired) electrons. The molecule has 3 amide bonds. The average Bonchev–Trinajstić information content (AvgIpc) is 2.36. The van der Waals surface area contributed by atoms with Crippen molar-refractivity contribution in [2.75, 3.05) is 25.5 Å². The van der Waals surface area contributed by atoms with Crippen molar-refractivity contribution < 1.29 is 19.5 Å². The molecule has 0 aliphatic carbocycles. The van der Waals surface area contributed by atoms with Crippen LogP contribution < -0.4 is 10.6 Å². The fraction of sp³-hybridized carbons (Fsp3) is 0.250. The molecule has 0 spiro atoms. The Morgan fingerprint density at radius 3 is 2.32 bits per heavy atom. The van der Waals surface area contributed by atoms with E-state index in [9.17, 15) is 14.4 Å². The van der Waals surface area contributed by atoms with Gasteiger partial charge in [0.05, 0.1) is 11.3 Å². The van der Waals surface area contributed by atoms with E-state index in [1.54, 1.807) is 12.1 Å². The van der Waals surface area contributed by atoms with Gasteiger partial charge in [0.15, 0.2) is 0 Å². The molecule has 0 heterocycles. The fourth-order valence-electron chi connectivity index (χ4n) is 1.61. The van der Waals surface area contributed by atoms with E-state index >= 15 is 0 Å². The van der Waals surface area contributed by atoms with Gasteiger partial charge in [0.2, 0.25) is 5.91 Å². The van der Waals surface area contributed by atoms with Crippen LogP contribution in [0, 0.1) is 0 Å². The highest BCUT2D eigenvalue weighted by molar-refractivity contribution is 6.01. The number of hydrogen-bond acceptors (Lipinski definition) is 3. The fourth-order valence-corrected chi connectivity index (χ4v) is 1.61. The van der Waals surface area contributed by atoms with Crippen molar-refractivity contribution in [2.24, 2.45) is 5.73 Å². The number of nitrogens with two attached hydrogens (primary N) is 1. The Morgan fingerprint density at radius 1 is 1.21 bits per heavy atom. The van der Waals surface area contributed by atoms with Gasteiger partial charge in [-0.2, -0.15) is 0 Å². The third-order valence-corrected chi connectivity index (χ3v) is 2.50. The topological polar surface area (TPSA) is 104 Å². The number of likely N-dealkylation sites (N-methyl/N-ethyl adjacent to an activating group) is 1. The smallest absolute Gasteiger partial charge is 0.337 e. The van der Waals surface area contributed by atoms with Crippen LogP contribution >= 0.6 is 0 Å². The molecule has 0 saturated carbocycles. The van der Waals surface area contributed by atoms with Crippen LogP contribution in [0.15, 0.2) is 24.3 Å². The van der Waals surface area contributed by atoms with E-state index in [2.05, 4.69) is 0 Å². The first-order valence-corrected chi connectivity index (χ1v) is 5.44. The quantitative estimate of drug-likeness (QED) is 0.820. The van der Waals surface area contributed by atoms with Gasteiger partial charge in [-0.1, -0.05) is 12.1 Å². The molecule has 1 rings (SSSR count). The SMILES string of the molecule is CN(CC(N)=O)C(=O)N(C)c1ccccc1C(=O)O. The number of amides is 3. The summed E-state index contributed by atoms with van der Waals surface area (Å²) in [6.07, 6.45) is 0. The lowest BCUT2D eigenvalue weighted by Crippen LogP contribution is -2.43. The van der Waals surface area contributed by atoms with Crippen LogP contribution in [0.3, 0.4) is 0 Å². The number of benzene rings is 1. The maximum absolute atomic E-state index is 12.0. The Bertz CT molecular complexity index is 515. The first-order chi connectivity index (χ1) is 8.84. The Kier molecular flexibility index (Phi) is 4.46. The standard InChI is InChI=1S/C12H15N3O4/c1-14(7-10(13)16)12(19)15(2)9-6-4-3-5-8(9)11(17)18/h3-6H,7H2,1-2H3,(H2,13,16)(H,17,18). The Labute approximate surface area is 110 Å². The molecule has 0 bridgehead atoms. The zero-order valence-corrected chi connectivity index (χ0v) is 10.7. The van der Waals surface area contributed by atoms with Crippen LogP contribution in [0.5, 0.6) is 0 Å². The largest absolute Gasteiger partial charge is 0.478 e. The highest BCUT2D eigenvalue weighted by Crippen LogP contribution is 2.20. The van der Waals surface area contributed by atoms with Crippen molar-refractivity contribution in [1.29, 1.82) is 0 Å². The summed E-state index contributed by atoms with van der Waals surface area (Å²) in [6.45, 7) is -0.238. The summed E-state index contributed by atoms with van der Waals surface area (Å²) in [5.41, 5.74) is 5.25. The van der Waals surface area contributed by atoms with Crippen molar-refractivity contribution in [3.8, 4) is 0 Å². The maximum Gasteiger partial charge on any atom is 0.337 e. The van der Waals surface area contributed by atoms with E-state index in [0.29, 0.717) is 0 Å².